The fraction of sp³-hybridized carbons (Fsp3) is 0.667. The third kappa shape index (κ3) is 3.26. The molecule has 5 heteroatoms. The molecule has 1 atom stereocenters. The molecule has 1 aliphatic heterocycles. The van der Waals surface area contributed by atoms with E-state index in [0.717, 1.165) is 31.1 Å². The molecule has 2 N–H and O–H groups in total. The monoisotopic (exact) mass is 253 g/mol. The smallest absolute Gasteiger partial charge is 0.270 e. The predicted molar refractivity (Wildman–Crippen MR) is 69.4 cm³/mol. The van der Waals surface area contributed by atoms with Gasteiger partial charge in [0.1, 0.15) is 5.69 Å². The molecule has 0 saturated carbocycles. The molecule has 4 nitrogen and oxygen atoms in total. The van der Waals surface area contributed by atoms with E-state index in [1.54, 1.807) is 0 Å². The molecule has 0 aromatic carbocycles. The minimum Gasteiger partial charge on any atom is -0.350 e. The Kier molecular flexibility index (Phi) is 3.79. The summed E-state index contributed by atoms with van der Waals surface area (Å²) in [5, 5.41) is 9.11. The molecule has 0 spiro atoms. The van der Waals surface area contributed by atoms with Gasteiger partial charge in [-0.1, -0.05) is 6.92 Å². The van der Waals surface area contributed by atoms with Crippen LogP contribution in [0.3, 0.4) is 0 Å². The van der Waals surface area contributed by atoms with Crippen LogP contribution in [0.1, 0.15) is 35.3 Å². The van der Waals surface area contributed by atoms with Crippen molar-refractivity contribution in [3.8, 4) is 0 Å². The van der Waals surface area contributed by atoms with E-state index in [4.69, 9.17) is 0 Å². The topological polar surface area (TPSA) is 54.0 Å². The maximum atomic E-state index is 11.9. The summed E-state index contributed by atoms with van der Waals surface area (Å²) < 4.78 is 0. The number of amides is 1. The van der Waals surface area contributed by atoms with Crippen LogP contribution in [0.5, 0.6) is 0 Å². The van der Waals surface area contributed by atoms with Crippen molar-refractivity contribution in [2.45, 2.75) is 26.7 Å². The van der Waals surface area contributed by atoms with Crippen molar-refractivity contribution in [2.75, 3.05) is 19.6 Å². The van der Waals surface area contributed by atoms with Gasteiger partial charge in [0.15, 0.2) is 0 Å². The second kappa shape index (κ2) is 5.14. The van der Waals surface area contributed by atoms with E-state index >= 15 is 0 Å². The number of thiazole rings is 1. The Bertz CT molecular complexity index is 396. The summed E-state index contributed by atoms with van der Waals surface area (Å²) in [6.45, 7) is 6.91. The fourth-order valence-corrected chi connectivity index (χ4v) is 2.71. The van der Waals surface area contributed by atoms with Crippen LogP contribution in [-0.2, 0) is 0 Å². The van der Waals surface area contributed by atoms with E-state index in [-0.39, 0.29) is 11.3 Å². The van der Waals surface area contributed by atoms with E-state index in [9.17, 15) is 4.79 Å². The van der Waals surface area contributed by atoms with Crippen LogP contribution in [0.25, 0.3) is 0 Å². The molecule has 1 aromatic rings. The quantitative estimate of drug-likeness (QED) is 0.860. The third-order valence-corrected chi connectivity index (χ3v) is 3.99. The molecular weight excluding hydrogens is 234 g/mol. The normalized spacial score (nSPS) is 24.6. The van der Waals surface area contributed by atoms with E-state index in [0.29, 0.717) is 5.69 Å². The molecule has 17 heavy (non-hydrogen) atoms. The average molecular weight is 253 g/mol. The number of aryl methyl sites for hydroxylation is 1. The van der Waals surface area contributed by atoms with Crippen molar-refractivity contribution in [1.29, 1.82) is 0 Å². The van der Waals surface area contributed by atoms with Crippen LogP contribution in [0, 0.1) is 12.3 Å². The summed E-state index contributed by atoms with van der Waals surface area (Å²) in [6, 6.07) is 0. The number of carbonyl (C=O) groups is 1. The van der Waals surface area contributed by atoms with Gasteiger partial charge in [0, 0.05) is 18.5 Å². The molecule has 0 bridgehead atoms. The Morgan fingerprint density at radius 1 is 1.71 bits per heavy atom. The molecule has 1 unspecified atom stereocenters. The number of hydrogen-bond acceptors (Lipinski definition) is 4. The summed E-state index contributed by atoms with van der Waals surface area (Å²) in [6.07, 6.45) is 2.35. The average Bonchev–Trinajstić information content (AvgIpc) is 2.74. The van der Waals surface area contributed by atoms with Gasteiger partial charge in [-0.05, 0) is 31.7 Å². The zero-order valence-corrected chi connectivity index (χ0v) is 11.2. The predicted octanol–water partition coefficient (Wildman–Crippen LogP) is 1.57. The van der Waals surface area contributed by atoms with Crippen LogP contribution in [0.4, 0.5) is 0 Å². The second-order valence-corrected chi connectivity index (χ2v) is 6.09. The van der Waals surface area contributed by atoms with Crippen molar-refractivity contribution in [1.82, 2.24) is 15.6 Å². The van der Waals surface area contributed by atoms with Crippen LogP contribution in [0.2, 0.25) is 0 Å². The second-order valence-electron chi connectivity index (χ2n) is 5.03. The molecule has 1 fully saturated rings. The zero-order valence-electron chi connectivity index (χ0n) is 10.4. The summed E-state index contributed by atoms with van der Waals surface area (Å²) in [5.41, 5.74) is 0.721. The van der Waals surface area contributed by atoms with Gasteiger partial charge in [-0.2, -0.15) is 0 Å². The highest BCUT2D eigenvalue weighted by Gasteiger charge is 2.27. The molecule has 1 aliphatic rings. The van der Waals surface area contributed by atoms with E-state index < -0.39 is 0 Å². The Balaban J connectivity index is 1.87. The molecule has 2 rings (SSSR count). The number of carbonyl (C=O) groups excluding carboxylic acids is 1. The van der Waals surface area contributed by atoms with Crippen molar-refractivity contribution in [3.05, 3.63) is 16.1 Å². The van der Waals surface area contributed by atoms with Crippen molar-refractivity contribution in [2.24, 2.45) is 5.41 Å². The van der Waals surface area contributed by atoms with Gasteiger partial charge in [0.25, 0.3) is 5.91 Å². The summed E-state index contributed by atoms with van der Waals surface area (Å²) in [5.74, 6) is -0.0545. The van der Waals surface area contributed by atoms with Gasteiger partial charge in [0.05, 0.1) is 5.01 Å². The molecule has 2 heterocycles. The van der Waals surface area contributed by atoms with Crippen molar-refractivity contribution < 1.29 is 4.79 Å². The van der Waals surface area contributed by atoms with Gasteiger partial charge in [0.2, 0.25) is 0 Å². The first-order chi connectivity index (χ1) is 8.09. The van der Waals surface area contributed by atoms with Crippen LogP contribution in [-0.4, -0.2) is 30.5 Å². The maximum Gasteiger partial charge on any atom is 0.270 e. The minimum absolute atomic E-state index is 0.0545. The Labute approximate surface area is 106 Å². The van der Waals surface area contributed by atoms with Gasteiger partial charge < -0.3 is 10.6 Å². The lowest BCUT2D eigenvalue weighted by molar-refractivity contribution is 0.0920. The summed E-state index contributed by atoms with van der Waals surface area (Å²) in [4.78, 5) is 16.0. The molecule has 1 saturated heterocycles. The summed E-state index contributed by atoms with van der Waals surface area (Å²) >= 11 is 1.51. The zero-order chi connectivity index (χ0) is 12.3. The lowest BCUT2D eigenvalue weighted by atomic mass is 9.83. The van der Waals surface area contributed by atoms with Crippen LogP contribution in [0.15, 0.2) is 5.38 Å². The highest BCUT2D eigenvalue weighted by molar-refractivity contribution is 7.09. The number of hydrogen-bond donors (Lipinski definition) is 2. The standard InChI is InChI=1S/C12H19N3OS/c1-9-15-10(6-17-9)11(16)14-8-12(2)4-3-5-13-7-12/h6,13H,3-5,7-8H2,1-2H3,(H,14,16). The lowest BCUT2D eigenvalue weighted by Crippen LogP contribution is -2.45. The van der Waals surface area contributed by atoms with E-state index in [2.05, 4.69) is 22.5 Å². The largest absolute Gasteiger partial charge is 0.350 e. The minimum atomic E-state index is -0.0545. The molecular formula is C12H19N3OS. The first kappa shape index (κ1) is 12.5. The highest BCUT2D eigenvalue weighted by atomic mass is 32.1. The first-order valence-corrected chi connectivity index (χ1v) is 6.88. The number of nitrogens with zero attached hydrogens (tertiary/aromatic N) is 1. The number of nitrogens with one attached hydrogen (secondary N) is 2. The van der Waals surface area contributed by atoms with Gasteiger partial charge in [-0.15, -0.1) is 11.3 Å². The molecule has 1 aromatic heterocycles. The lowest BCUT2D eigenvalue weighted by Gasteiger charge is -2.34. The maximum absolute atomic E-state index is 11.9. The Morgan fingerprint density at radius 3 is 3.12 bits per heavy atom. The van der Waals surface area contributed by atoms with E-state index in [1.165, 1.54) is 17.8 Å². The first-order valence-electron chi connectivity index (χ1n) is 6.00. The number of aromatic nitrogens is 1. The SMILES string of the molecule is Cc1nc(C(=O)NCC2(C)CCCNC2)cs1. The van der Waals surface area contributed by atoms with Crippen LogP contribution >= 0.6 is 11.3 Å². The Morgan fingerprint density at radius 2 is 2.53 bits per heavy atom. The van der Waals surface area contributed by atoms with Crippen molar-refractivity contribution in [3.63, 3.8) is 0 Å². The molecule has 94 valence electrons. The third-order valence-electron chi connectivity index (χ3n) is 3.21. The van der Waals surface area contributed by atoms with Gasteiger partial charge >= 0.3 is 0 Å². The van der Waals surface area contributed by atoms with Gasteiger partial charge in [-0.3, -0.25) is 4.79 Å². The molecule has 0 radical (unpaired) electrons. The van der Waals surface area contributed by atoms with Crippen molar-refractivity contribution >= 4 is 17.2 Å². The molecule has 1 amide bonds. The van der Waals surface area contributed by atoms with Crippen LogP contribution < -0.4 is 10.6 Å². The van der Waals surface area contributed by atoms with Gasteiger partial charge in [-0.25, -0.2) is 4.98 Å². The molecule has 0 aliphatic carbocycles. The Hall–Kier alpha value is -0.940. The number of rotatable bonds is 3. The summed E-state index contributed by atoms with van der Waals surface area (Å²) in [7, 11) is 0. The highest BCUT2D eigenvalue weighted by Crippen LogP contribution is 2.24. The number of piperidine rings is 1. The van der Waals surface area contributed by atoms with E-state index in [1.807, 2.05) is 12.3 Å². The fourth-order valence-electron chi connectivity index (χ4n) is 2.12.